The Bertz CT molecular complexity index is 734. The van der Waals surface area contributed by atoms with Gasteiger partial charge in [-0.1, -0.05) is 12.1 Å². The SMILES string of the molecule is C=O.OC1CNCC1Oc1ccc(OC(F)(F)F)cc1.ONc1ccccc1S. The summed E-state index contributed by atoms with van der Waals surface area (Å²) in [6, 6.07) is 12.3. The Morgan fingerprint density at radius 1 is 1.07 bits per heavy atom. The minimum absolute atomic E-state index is 0.306. The highest BCUT2D eigenvalue weighted by Gasteiger charge is 2.31. The molecule has 0 aliphatic carbocycles. The molecular weight excluding hydrogens is 413 g/mol. The first-order chi connectivity index (χ1) is 13.8. The molecule has 29 heavy (non-hydrogen) atoms. The Labute approximate surface area is 170 Å². The highest BCUT2D eigenvalue weighted by molar-refractivity contribution is 7.80. The lowest BCUT2D eigenvalue weighted by atomic mass is 10.2. The van der Waals surface area contributed by atoms with E-state index in [2.05, 4.69) is 22.7 Å². The topological polar surface area (TPSA) is 100 Å². The van der Waals surface area contributed by atoms with E-state index in [-0.39, 0.29) is 11.9 Å². The van der Waals surface area contributed by atoms with E-state index in [0.717, 1.165) is 17.0 Å². The molecule has 11 heteroatoms. The van der Waals surface area contributed by atoms with Crippen LogP contribution in [-0.2, 0) is 4.79 Å². The second kappa shape index (κ2) is 12.2. The maximum atomic E-state index is 11.9. The number of carbonyl (C=O) groups is 1. The largest absolute Gasteiger partial charge is 0.573 e. The van der Waals surface area contributed by atoms with E-state index >= 15 is 0 Å². The van der Waals surface area contributed by atoms with Gasteiger partial charge in [-0.2, -0.15) is 0 Å². The number of anilines is 1. The molecule has 7 nitrogen and oxygen atoms in total. The van der Waals surface area contributed by atoms with Crippen LogP contribution in [-0.4, -0.2) is 48.8 Å². The van der Waals surface area contributed by atoms with Gasteiger partial charge in [0.15, 0.2) is 0 Å². The first-order valence-corrected chi connectivity index (χ1v) is 8.61. The van der Waals surface area contributed by atoms with Crippen LogP contribution in [0.3, 0.4) is 0 Å². The third-order valence-electron chi connectivity index (χ3n) is 3.50. The van der Waals surface area contributed by atoms with Crippen LogP contribution in [0.15, 0.2) is 53.4 Å². The van der Waals surface area contributed by atoms with Gasteiger partial charge in [0, 0.05) is 18.0 Å². The van der Waals surface area contributed by atoms with Crippen LogP contribution in [0.4, 0.5) is 18.9 Å². The van der Waals surface area contributed by atoms with Gasteiger partial charge in [-0.25, -0.2) is 0 Å². The number of aliphatic hydroxyl groups excluding tert-OH is 1. The molecule has 1 heterocycles. The number of halogens is 3. The van der Waals surface area contributed by atoms with Gasteiger partial charge in [-0.05, 0) is 36.4 Å². The number of ether oxygens (including phenoxy) is 2. The van der Waals surface area contributed by atoms with E-state index in [1.807, 2.05) is 24.4 Å². The van der Waals surface area contributed by atoms with Crippen molar-refractivity contribution in [3.05, 3.63) is 48.5 Å². The molecule has 2 aromatic carbocycles. The van der Waals surface area contributed by atoms with E-state index in [4.69, 9.17) is 14.7 Å². The van der Waals surface area contributed by atoms with Crippen LogP contribution in [0, 0.1) is 0 Å². The van der Waals surface area contributed by atoms with Crippen molar-refractivity contribution in [1.82, 2.24) is 5.32 Å². The number of nitrogens with one attached hydrogen (secondary N) is 2. The Morgan fingerprint density at radius 2 is 1.66 bits per heavy atom. The average molecular weight is 434 g/mol. The van der Waals surface area contributed by atoms with E-state index in [1.54, 1.807) is 12.1 Å². The van der Waals surface area contributed by atoms with Gasteiger partial charge < -0.3 is 24.7 Å². The van der Waals surface area contributed by atoms with Gasteiger partial charge in [0.1, 0.15) is 30.5 Å². The van der Waals surface area contributed by atoms with Crippen LogP contribution >= 0.6 is 12.6 Å². The van der Waals surface area contributed by atoms with Gasteiger partial charge in [-0.15, -0.1) is 25.8 Å². The molecule has 3 rings (SSSR count). The van der Waals surface area contributed by atoms with E-state index < -0.39 is 12.5 Å². The molecule has 160 valence electrons. The summed E-state index contributed by atoms with van der Waals surface area (Å²) < 4.78 is 44.9. The van der Waals surface area contributed by atoms with Crippen molar-refractivity contribution in [2.24, 2.45) is 0 Å². The molecule has 2 atom stereocenters. The summed E-state index contributed by atoms with van der Waals surface area (Å²) >= 11 is 4.06. The summed E-state index contributed by atoms with van der Waals surface area (Å²) in [6.07, 6.45) is -5.70. The van der Waals surface area contributed by atoms with Crippen molar-refractivity contribution < 1.29 is 37.8 Å². The number of rotatable bonds is 4. The molecule has 0 saturated carbocycles. The van der Waals surface area contributed by atoms with Crippen molar-refractivity contribution >= 4 is 25.1 Å². The molecule has 0 amide bonds. The smallest absolute Gasteiger partial charge is 0.486 e. The van der Waals surface area contributed by atoms with E-state index in [1.165, 1.54) is 12.1 Å². The number of benzene rings is 2. The van der Waals surface area contributed by atoms with Gasteiger partial charge in [0.2, 0.25) is 0 Å². The number of alkyl halides is 3. The Morgan fingerprint density at radius 3 is 2.10 bits per heavy atom. The van der Waals surface area contributed by atoms with Gasteiger partial charge in [0.05, 0.1) is 5.69 Å². The van der Waals surface area contributed by atoms with Crippen molar-refractivity contribution in [3.63, 3.8) is 0 Å². The number of carbonyl (C=O) groups excluding carboxylic acids is 1. The molecule has 2 aromatic rings. The molecule has 1 aliphatic heterocycles. The van der Waals surface area contributed by atoms with E-state index in [9.17, 15) is 18.3 Å². The standard InChI is InChI=1S/C11H12F3NO3.C6H7NOS.CH2O/c12-11(13,14)18-8-3-1-7(2-4-8)17-10-6-15-5-9(10)16;8-7-5-3-1-2-4-6(5)9;1-2/h1-4,9-10,15-16H,5-6H2;1-4,7-9H;1H2. The molecule has 1 saturated heterocycles. The molecule has 0 spiro atoms. The van der Waals surface area contributed by atoms with Crippen LogP contribution in [0.25, 0.3) is 0 Å². The van der Waals surface area contributed by atoms with Crippen LogP contribution in [0.2, 0.25) is 0 Å². The highest BCUT2D eigenvalue weighted by atomic mass is 32.1. The van der Waals surface area contributed by atoms with Crippen LogP contribution in [0.1, 0.15) is 0 Å². The predicted molar refractivity (Wildman–Crippen MR) is 103 cm³/mol. The van der Waals surface area contributed by atoms with Gasteiger partial charge in [0.25, 0.3) is 0 Å². The molecular formula is C18H21F3N2O5S. The summed E-state index contributed by atoms with van der Waals surface area (Å²) in [5, 5.41) is 20.9. The summed E-state index contributed by atoms with van der Waals surface area (Å²) in [5.74, 6) is 0.0808. The molecule has 2 unspecified atom stereocenters. The zero-order valence-electron chi connectivity index (χ0n) is 15.1. The Balaban J connectivity index is 0.000000321. The maximum Gasteiger partial charge on any atom is 0.573 e. The van der Waals surface area contributed by atoms with Crippen molar-refractivity contribution in [1.29, 1.82) is 0 Å². The fraction of sp³-hybridized carbons (Fsp3) is 0.278. The van der Waals surface area contributed by atoms with Gasteiger partial charge in [-0.3, -0.25) is 10.7 Å². The molecule has 0 radical (unpaired) electrons. The number of hydrogen-bond acceptors (Lipinski definition) is 8. The first-order valence-electron chi connectivity index (χ1n) is 8.16. The van der Waals surface area contributed by atoms with Crippen molar-refractivity contribution in [2.75, 3.05) is 18.6 Å². The van der Waals surface area contributed by atoms with Gasteiger partial charge >= 0.3 is 6.36 Å². The quantitative estimate of drug-likeness (QED) is 0.373. The fourth-order valence-electron chi connectivity index (χ4n) is 2.22. The normalized spacial score (nSPS) is 17.9. The second-order valence-corrected chi connectivity index (χ2v) is 6.01. The average Bonchev–Trinajstić information content (AvgIpc) is 3.09. The number of para-hydroxylation sites is 1. The monoisotopic (exact) mass is 434 g/mol. The number of aliphatic hydroxyl groups is 1. The minimum Gasteiger partial charge on any atom is -0.486 e. The zero-order valence-corrected chi connectivity index (χ0v) is 16.0. The van der Waals surface area contributed by atoms with Crippen molar-refractivity contribution in [2.45, 2.75) is 23.5 Å². The third kappa shape index (κ3) is 9.05. The molecule has 1 aliphatic rings. The van der Waals surface area contributed by atoms with E-state index in [0.29, 0.717) is 24.5 Å². The van der Waals surface area contributed by atoms with Crippen molar-refractivity contribution in [3.8, 4) is 11.5 Å². The summed E-state index contributed by atoms with van der Waals surface area (Å²) in [4.78, 5) is 8.74. The minimum atomic E-state index is -4.70. The lowest BCUT2D eigenvalue weighted by Crippen LogP contribution is -2.29. The molecule has 0 bridgehead atoms. The second-order valence-electron chi connectivity index (χ2n) is 5.53. The first kappa shape index (κ1) is 24.6. The fourth-order valence-corrected chi connectivity index (χ4v) is 2.43. The summed E-state index contributed by atoms with van der Waals surface area (Å²) in [6.45, 7) is 2.95. The van der Waals surface area contributed by atoms with Crippen LogP contribution < -0.4 is 20.3 Å². The molecule has 0 aromatic heterocycles. The summed E-state index contributed by atoms with van der Waals surface area (Å²) in [5.41, 5.74) is 2.64. The number of β-amino-alcohol motifs (C(OH)–C–C–N with tert-alkyl or cyclic N) is 1. The Hall–Kier alpha value is -2.47. The lowest BCUT2D eigenvalue weighted by molar-refractivity contribution is -0.274. The number of hydrogen-bond donors (Lipinski definition) is 5. The maximum absolute atomic E-state index is 11.9. The highest BCUT2D eigenvalue weighted by Crippen LogP contribution is 2.25. The third-order valence-corrected chi connectivity index (χ3v) is 3.89. The predicted octanol–water partition coefficient (Wildman–Crippen LogP) is 2.89. The number of thiol groups is 1. The Kier molecular flexibility index (Phi) is 10.3. The molecule has 4 N–H and O–H groups in total. The van der Waals surface area contributed by atoms with Crippen LogP contribution in [0.5, 0.6) is 11.5 Å². The zero-order chi connectivity index (χ0) is 21.9. The lowest BCUT2D eigenvalue weighted by Gasteiger charge is -2.16. The molecule has 1 fully saturated rings. The summed E-state index contributed by atoms with van der Waals surface area (Å²) in [7, 11) is 0.